The molecule has 2 aromatic rings. The van der Waals surface area contributed by atoms with Crippen LogP contribution in [0.25, 0.3) is 0 Å². The fraction of sp³-hybridized carbons (Fsp3) is 0.435. The molecule has 3 heteroatoms. The minimum atomic E-state index is -0.308. The first-order chi connectivity index (χ1) is 11.9. The molecule has 0 heterocycles. The molecular weight excluding hydrogens is 324 g/mol. The van der Waals surface area contributed by atoms with E-state index in [1.165, 1.54) is 12.5 Å². The summed E-state index contributed by atoms with van der Waals surface area (Å²) in [5, 5.41) is 0. The van der Waals surface area contributed by atoms with Crippen molar-refractivity contribution in [2.75, 3.05) is 7.11 Å². The maximum absolute atomic E-state index is 10.9. The Bertz CT molecular complexity index is 611. The van der Waals surface area contributed by atoms with E-state index in [2.05, 4.69) is 26.0 Å². The molecule has 2 aromatic carbocycles. The lowest BCUT2D eigenvalue weighted by atomic mass is 9.78. The van der Waals surface area contributed by atoms with Gasteiger partial charge in [-0.1, -0.05) is 73.2 Å². The van der Waals surface area contributed by atoms with E-state index in [1.54, 1.807) is 7.11 Å². The molecule has 0 aliphatic heterocycles. The Kier molecular flexibility index (Phi) is 13.0. The Morgan fingerprint density at radius 1 is 0.769 bits per heavy atom. The summed E-state index contributed by atoms with van der Waals surface area (Å²) in [6, 6.07) is 15.7. The molecule has 0 spiro atoms. The summed E-state index contributed by atoms with van der Waals surface area (Å²) in [5.41, 5.74) is 2.22. The van der Waals surface area contributed by atoms with E-state index >= 15 is 0 Å². The molecule has 0 aliphatic rings. The lowest BCUT2D eigenvalue weighted by Gasteiger charge is -2.26. The molecule has 0 N–H and O–H groups in total. The van der Waals surface area contributed by atoms with Crippen molar-refractivity contribution in [3.63, 3.8) is 0 Å². The topological polar surface area (TPSA) is 35.5 Å². The monoisotopic (exact) mass is 360 g/mol. The van der Waals surface area contributed by atoms with Crippen molar-refractivity contribution in [1.82, 2.24) is 0 Å². The Labute approximate surface area is 160 Å². The fourth-order valence-electron chi connectivity index (χ4n) is 2.28. The number of carbonyl (C=O) groups is 1. The van der Waals surface area contributed by atoms with Crippen LogP contribution >= 0.6 is 0 Å². The zero-order valence-corrected chi connectivity index (χ0v) is 16.8. The van der Waals surface area contributed by atoms with Gasteiger partial charge in [0, 0.05) is 12.3 Å². The maximum Gasteiger partial charge on any atom is 0.308 e. The number of benzene rings is 2. The number of ether oxygens (including phenoxy) is 2. The van der Waals surface area contributed by atoms with Crippen LogP contribution in [0.2, 0.25) is 0 Å². The average molecular weight is 361 g/mol. The van der Waals surface area contributed by atoms with Crippen LogP contribution in [0.1, 0.15) is 67.0 Å². The number of carbonyl (C=O) groups excluding carboxylic acids is 1. The van der Waals surface area contributed by atoms with E-state index in [1.807, 2.05) is 64.1 Å². The van der Waals surface area contributed by atoms with Gasteiger partial charge in [0.1, 0.15) is 11.5 Å². The third kappa shape index (κ3) is 7.30. The van der Waals surface area contributed by atoms with Gasteiger partial charge in [0.2, 0.25) is 0 Å². The molecule has 0 aromatic heterocycles. The van der Waals surface area contributed by atoms with Gasteiger partial charge in [0.15, 0.2) is 0 Å². The van der Waals surface area contributed by atoms with E-state index in [0.717, 1.165) is 11.3 Å². The summed E-state index contributed by atoms with van der Waals surface area (Å²) >= 11 is 0. The molecule has 0 fully saturated rings. The van der Waals surface area contributed by atoms with Gasteiger partial charge in [0.05, 0.1) is 7.11 Å². The van der Waals surface area contributed by atoms with Gasteiger partial charge in [-0.2, -0.15) is 0 Å². The minimum Gasteiger partial charge on any atom is -0.497 e. The Morgan fingerprint density at radius 3 is 1.42 bits per heavy atom. The first-order valence-corrected chi connectivity index (χ1v) is 8.87. The van der Waals surface area contributed by atoms with Crippen LogP contribution in [-0.4, -0.2) is 13.1 Å². The second-order valence-electron chi connectivity index (χ2n) is 5.47. The summed E-state index contributed by atoms with van der Waals surface area (Å²) < 4.78 is 10.3. The van der Waals surface area contributed by atoms with Gasteiger partial charge < -0.3 is 9.47 Å². The predicted octanol–water partition coefficient (Wildman–Crippen LogP) is 6.63. The largest absolute Gasteiger partial charge is 0.497 e. The quantitative estimate of drug-likeness (QED) is 0.453. The zero-order valence-electron chi connectivity index (χ0n) is 16.8. The Hall–Kier alpha value is -2.29. The molecule has 0 saturated heterocycles. The molecule has 3 nitrogen and oxygen atoms in total. The number of hydrogen-bond acceptors (Lipinski definition) is 3. The first-order valence-electron chi connectivity index (χ1n) is 8.87. The smallest absolute Gasteiger partial charge is 0.308 e. The second kappa shape index (κ2) is 13.0. The molecule has 0 unspecified atom stereocenters. The Morgan fingerprint density at radius 2 is 1.12 bits per heavy atom. The van der Waals surface area contributed by atoms with E-state index in [4.69, 9.17) is 9.47 Å². The van der Waals surface area contributed by atoms with Gasteiger partial charge in [-0.05, 0) is 35.4 Å². The van der Waals surface area contributed by atoms with Crippen molar-refractivity contribution in [3.8, 4) is 11.5 Å². The molecule has 0 saturated carbocycles. The number of hydrogen-bond donors (Lipinski definition) is 0. The van der Waals surface area contributed by atoms with Gasteiger partial charge in [0.25, 0.3) is 0 Å². The van der Waals surface area contributed by atoms with Crippen molar-refractivity contribution < 1.29 is 14.3 Å². The van der Waals surface area contributed by atoms with Crippen LogP contribution in [0.5, 0.6) is 11.5 Å². The highest BCUT2D eigenvalue weighted by Crippen LogP contribution is 2.33. The van der Waals surface area contributed by atoms with Gasteiger partial charge in [-0.25, -0.2) is 0 Å². The normalized spacial score (nSPS) is 9.38. The van der Waals surface area contributed by atoms with Crippen LogP contribution in [0.3, 0.4) is 0 Å². The fourth-order valence-corrected chi connectivity index (χ4v) is 2.28. The highest BCUT2D eigenvalue weighted by atomic mass is 16.5. The minimum absolute atomic E-state index is 0. The molecule has 0 amide bonds. The van der Waals surface area contributed by atoms with E-state index in [0.29, 0.717) is 5.75 Å². The number of methoxy groups -OCH3 is 1. The van der Waals surface area contributed by atoms with Gasteiger partial charge in [-0.15, -0.1) is 0 Å². The van der Waals surface area contributed by atoms with Crippen molar-refractivity contribution in [3.05, 3.63) is 59.7 Å². The maximum atomic E-state index is 10.9. The van der Waals surface area contributed by atoms with Crippen molar-refractivity contribution in [1.29, 1.82) is 0 Å². The predicted molar refractivity (Wildman–Crippen MR) is 112 cm³/mol. The van der Waals surface area contributed by atoms with Crippen LogP contribution in [-0.2, 0) is 10.2 Å². The van der Waals surface area contributed by atoms with Crippen molar-refractivity contribution >= 4 is 5.97 Å². The first kappa shape index (κ1) is 25.9. The SMILES string of the molecule is C.CC.CC.COc1ccc(C(C)(C)c2ccc(OC(C)=O)cc2)cc1. The summed E-state index contributed by atoms with van der Waals surface area (Å²) in [4.78, 5) is 10.9. The molecule has 0 bridgehead atoms. The highest BCUT2D eigenvalue weighted by Gasteiger charge is 2.23. The standard InChI is InChI=1S/C18H20O3.2C2H6.CH4/c1-13(19)21-17-11-7-15(8-12-17)18(2,3)14-5-9-16(20-4)10-6-14;2*1-2;/h5-12H,1-4H3;2*1-2H3;1H4. The van der Waals surface area contributed by atoms with E-state index in [9.17, 15) is 4.79 Å². The summed E-state index contributed by atoms with van der Waals surface area (Å²) in [6.45, 7) is 13.7. The van der Waals surface area contributed by atoms with Crippen molar-refractivity contribution in [2.24, 2.45) is 0 Å². The van der Waals surface area contributed by atoms with Crippen LogP contribution in [0, 0.1) is 0 Å². The van der Waals surface area contributed by atoms with Crippen LogP contribution < -0.4 is 9.47 Å². The zero-order chi connectivity index (χ0) is 19.5. The lowest BCUT2D eigenvalue weighted by Crippen LogP contribution is -2.18. The van der Waals surface area contributed by atoms with Crippen molar-refractivity contribution in [2.45, 2.75) is 61.3 Å². The second-order valence-corrected chi connectivity index (χ2v) is 5.47. The lowest BCUT2D eigenvalue weighted by molar-refractivity contribution is -0.131. The van der Waals surface area contributed by atoms with Crippen LogP contribution in [0.15, 0.2) is 48.5 Å². The number of rotatable bonds is 4. The number of esters is 1. The van der Waals surface area contributed by atoms with Gasteiger partial charge in [-0.3, -0.25) is 4.79 Å². The van der Waals surface area contributed by atoms with E-state index in [-0.39, 0.29) is 18.8 Å². The van der Waals surface area contributed by atoms with Crippen LogP contribution in [0.4, 0.5) is 0 Å². The summed E-state index contributed by atoms with van der Waals surface area (Å²) in [5.74, 6) is 1.11. The third-order valence-electron chi connectivity index (χ3n) is 3.65. The Balaban J connectivity index is 0. The summed E-state index contributed by atoms with van der Waals surface area (Å²) in [7, 11) is 1.66. The molecule has 2 rings (SSSR count). The summed E-state index contributed by atoms with van der Waals surface area (Å²) in [6.07, 6.45) is 0. The molecule has 0 aliphatic carbocycles. The molecule has 26 heavy (non-hydrogen) atoms. The molecule has 0 atom stereocenters. The molecule has 0 radical (unpaired) electrons. The third-order valence-corrected chi connectivity index (χ3v) is 3.65. The molecular formula is C23H36O3. The average Bonchev–Trinajstić information content (AvgIpc) is 2.65. The van der Waals surface area contributed by atoms with Gasteiger partial charge >= 0.3 is 5.97 Å². The van der Waals surface area contributed by atoms with E-state index < -0.39 is 0 Å². The highest BCUT2D eigenvalue weighted by molar-refractivity contribution is 5.69. The molecule has 146 valence electrons.